The molecule has 1 heterocycles. The fourth-order valence-corrected chi connectivity index (χ4v) is 4.12. The Hall–Kier alpha value is -2.04. The second-order valence-corrected chi connectivity index (χ2v) is 8.55. The van der Waals surface area contributed by atoms with Gasteiger partial charge in [-0.05, 0) is 63.6 Å². The fourth-order valence-electron chi connectivity index (χ4n) is 4.12. The van der Waals surface area contributed by atoms with E-state index in [0.29, 0.717) is 17.2 Å². The largest absolute Gasteiger partial charge is 0.444 e. The standard InChI is InChI=1S/C21H30N2O3/c1-21(2,3)26-20(25)22-18-10-6-9-16(13-18)19(24)23-12-11-15-7-4-5-8-17(15)14-23/h6,9-10,13,15,17H,4-5,7-8,11-12,14H2,1-3H3,(H,22,25)/t15-,17+/m1/s1. The molecule has 2 aliphatic rings. The minimum Gasteiger partial charge on any atom is -0.444 e. The fraction of sp³-hybridized carbons (Fsp3) is 0.619. The van der Waals surface area contributed by atoms with Crippen LogP contribution in [0.15, 0.2) is 24.3 Å². The lowest BCUT2D eigenvalue weighted by atomic mass is 9.75. The Morgan fingerprint density at radius 2 is 1.85 bits per heavy atom. The molecule has 5 nitrogen and oxygen atoms in total. The summed E-state index contributed by atoms with van der Waals surface area (Å²) in [6, 6.07) is 7.12. The maximum absolute atomic E-state index is 12.9. The molecule has 2 atom stereocenters. The normalized spacial score (nSPS) is 23.1. The third-order valence-corrected chi connectivity index (χ3v) is 5.33. The van der Waals surface area contributed by atoms with Crippen LogP contribution in [0, 0.1) is 11.8 Å². The molecule has 2 amide bonds. The van der Waals surface area contributed by atoms with E-state index in [1.807, 2.05) is 31.7 Å². The Morgan fingerprint density at radius 3 is 2.58 bits per heavy atom. The summed E-state index contributed by atoms with van der Waals surface area (Å²) in [7, 11) is 0. The maximum atomic E-state index is 12.9. The summed E-state index contributed by atoms with van der Waals surface area (Å²) in [5, 5.41) is 2.71. The molecule has 1 aromatic carbocycles. The van der Waals surface area contributed by atoms with Crippen molar-refractivity contribution in [3.05, 3.63) is 29.8 Å². The van der Waals surface area contributed by atoms with Crippen molar-refractivity contribution in [3.63, 3.8) is 0 Å². The zero-order valence-electron chi connectivity index (χ0n) is 16.1. The molecule has 142 valence electrons. The molecule has 0 bridgehead atoms. The molecule has 0 aromatic heterocycles. The number of carbonyl (C=O) groups excluding carboxylic acids is 2. The van der Waals surface area contributed by atoms with E-state index in [9.17, 15) is 9.59 Å². The number of likely N-dealkylation sites (tertiary alicyclic amines) is 1. The van der Waals surface area contributed by atoms with Gasteiger partial charge in [-0.15, -0.1) is 0 Å². The molecule has 0 unspecified atom stereocenters. The molecular formula is C21H30N2O3. The van der Waals surface area contributed by atoms with Crippen LogP contribution in [0.1, 0.15) is 63.2 Å². The zero-order chi connectivity index (χ0) is 18.7. The number of carbonyl (C=O) groups is 2. The van der Waals surface area contributed by atoms with Crippen LogP contribution < -0.4 is 5.32 Å². The number of nitrogens with zero attached hydrogens (tertiary/aromatic N) is 1. The lowest BCUT2D eigenvalue weighted by Crippen LogP contribution is -2.44. The van der Waals surface area contributed by atoms with Gasteiger partial charge >= 0.3 is 6.09 Å². The minimum atomic E-state index is -0.554. The summed E-state index contributed by atoms with van der Waals surface area (Å²) in [4.78, 5) is 26.8. The first-order chi connectivity index (χ1) is 12.3. The highest BCUT2D eigenvalue weighted by Gasteiger charge is 2.33. The predicted octanol–water partition coefficient (Wildman–Crippen LogP) is 4.69. The highest BCUT2D eigenvalue weighted by atomic mass is 16.6. The number of fused-ring (bicyclic) bond motifs is 1. The molecule has 1 aliphatic heterocycles. The Labute approximate surface area is 156 Å². The van der Waals surface area contributed by atoms with E-state index in [1.54, 1.807) is 18.2 Å². The summed E-state index contributed by atoms with van der Waals surface area (Å²) in [5.74, 6) is 1.51. The summed E-state index contributed by atoms with van der Waals surface area (Å²) in [6.45, 7) is 7.17. The second kappa shape index (κ2) is 7.68. The van der Waals surface area contributed by atoms with E-state index in [-0.39, 0.29) is 5.91 Å². The van der Waals surface area contributed by atoms with E-state index in [1.165, 1.54) is 25.7 Å². The summed E-state index contributed by atoms with van der Waals surface area (Å²) in [5.41, 5.74) is 0.646. The van der Waals surface area contributed by atoms with Crippen molar-refractivity contribution in [1.29, 1.82) is 0 Å². The van der Waals surface area contributed by atoms with E-state index in [0.717, 1.165) is 25.4 Å². The van der Waals surface area contributed by atoms with Crippen molar-refractivity contribution >= 4 is 17.7 Å². The number of rotatable bonds is 2. The van der Waals surface area contributed by atoms with Crippen LogP contribution in [0.2, 0.25) is 0 Å². The van der Waals surface area contributed by atoms with Gasteiger partial charge in [-0.25, -0.2) is 4.79 Å². The van der Waals surface area contributed by atoms with Crippen molar-refractivity contribution in [3.8, 4) is 0 Å². The van der Waals surface area contributed by atoms with Crippen molar-refractivity contribution in [2.24, 2.45) is 11.8 Å². The lowest BCUT2D eigenvalue weighted by molar-refractivity contribution is 0.0520. The number of piperidine rings is 1. The third kappa shape index (κ3) is 4.77. The second-order valence-electron chi connectivity index (χ2n) is 8.55. The third-order valence-electron chi connectivity index (χ3n) is 5.33. The predicted molar refractivity (Wildman–Crippen MR) is 102 cm³/mol. The van der Waals surface area contributed by atoms with Gasteiger partial charge < -0.3 is 9.64 Å². The van der Waals surface area contributed by atoms with Crippen molar-refractivity contribution < 1.29 is 14.3 Å². The van der Waals surface area contributed by atoms with Crippen LogP contribution in [-0.2, 0) is 4.74 Å². The number of hydrogen-bond donors (Lipinski definition) is 1. The smallest absolute Gasteiger partial charge is 0.412 e. The van der Waals surface area contributed by atoms with Crippen LogP contribution in [0.25, 0.3) is 0 Å². The average molecular weight is 358 g/mol. The zero-order valence-corrected chi connectivity index (χ0v) is 16.1. The summed E-state index contributed by atoms with van der Waals surface area (Å²) < 4.78 is 5.27. The maximum Gasteiger partial charge on any atom is 0.412 e. The van der Waals surface area contributed by atoms with Gasteiger partial charge in [0.15, 0.2) is 0 Å². The Kier molecular flexibility index (Phi) is 5.54. The van der Waals surface area contributed by atoms with Gasteiger partial charge in [-0.3, -0.25) is 10.1 Å². The number of ether oxygens (including phenoxy) is 1. The highest BCUT2D eigenvalue weighted by molar-refractivity contribution is 5.96. The van der Waals surface area contributed by atoms with Gasteiger partial charge in [0.05, 0.1) is 0 Å². The number of benzene rings is 1. The Morgan fingerprint density at radius 1 is 1.12 bits per heavy atom. The van der Waals surface area contributed by atoms with E-state index in [4.69, 9.17) is 4.74 Å². The Bertz CT molecular complexity index is 665. The summed E-state index contributed by atoms with van der Waals surface area (Å²) in [6.07, 6.45) is 5.81. The molecule has 26 heavy (non-hydrogen) atoms. The molecule has 5 heteroatoms. The highest BCUT2D eigenvalue weighted by Crippen LogP contribution is 2.36. The van der Waals surface area contributed by atoms with E-state index < -0.39 is 11.7 Å². The van der Waals surface area contributed by atoms with Crippen molar-refractivity contribution in [2.45, 2.75) is 58.5 Å². The molecule has 2 fully saturated rings. The van der Waals surface area contributed by atoms with Gasteiger partial charge in [-0.2, -0.15) is 0 Å². The van der Waals surface area contributed by atoms with Gasteiger partial charge in [0.1, 0.15) is 5.60 Å². The first-order valence-electron chi connectivity index (χ1n) is 9.71. The molecule has 0 radical (unpaired) electrons. The molecule has 3 rings (SSSR count). The van der Waals surface area contributed by atoms with Gasteiger partial charge in [0.25, 0.3) is 5.91 Å². The number of amides is 2. The average Bonchev–Trinajstić information content (AvgIpc) is 2.59. The molecule has 1 saturated carbocycles. The molecular weight excluding hydrogens is 328 g/mol. The first kappa shape index (κ1) is 18.7. The van der Waals surface area contributed by atoms with Crippen LogP contribution in [0.5, 0.6) is 0 Å². The molecule has 0 spiro atoms. The first-order valence-corrected chi connectivity index (χ1v) is 9.71. The van der Waals surface area contributed by atoms with E-state index in [2.05, 4.69) is 5.32 Å². The molecule has 1 aromatic rings. The van der Waals surface area contributed by atoms with Crippen molar-refractivity contribution in [2.75, 3.05) is 18.4 Å². The SMILES string of the molecule is CC(C)(C)OC(=O)Nc1cccc(C(=O)N2CC[C@H]3CCCC[C@H]3C2)c1. The molecule has 1 aliphatic carbocycles. The Balaban J connectivity index is 1.64. The summed E-state index contributed by atoms with van der Waals surface area (Å²) >= 11 is 0. The van der Waals surface area contributed by atoms with Gasteiger partial charge in [-0.1, -0.05) is 25.3 Å². The quantitative estimate of drug-likeness (QED) is 0.834. The van der Waals surface area contributed by atoms with Gasteiger partial charge in [0, 0.05) is 24.3 Å². The van der Waals surface area contributed by atoms with Crippen LogP contribution in [-0.4, -0.2) is 35.6 Å². The monoisotopic (exact) mass is 358 g/mol. The molecule has 1 N–H and O–H groups in total. The molecule has 1 saturated heterocycles. The number of nitrogens with one attached hydrogen (secondary N) is 1. The van der Waals surface area contributed by atoms with Gasteiger partial charge in [0.2, 0.25) is 0 Å². The lowest BCUT2D eigenvalue weighted by Gasteiger charge is -2.41. The van der Waals surface area contributed by atoms with Crippen molar-refractivity contribution in [1.82, 2.24) is 4.90 Å². The van der Waals surface area contributed by atoms with Crippen LogP contribution in [0.3, 0.4) is 0 Å². The topological polar surface area (TPSA) is 58.6 Å². The van der Waals surface area contributed by atoms with Crippen LogP contribution in [0.4, 0.5) is 10.5 Å². The van der Waals surface area contributed by atoms with E-state index >= 15 is 0 Å². The number of hydrogen-bond acceptors (Lipinski definition) is 3. The van der Waals surface area contributed by atoms with Crippen LogP contribution >= 0.6 is 0 Å². The number of anilines is 1. The minimum absolute atomic E-state index is 0.0573.